The summed E-state index contributed by atoms with van der Waals surface area (Å²) < 4.78 is 80.1. The predicted octanol–water partition coefficient (Wildman–Crippen LogP) is 3.88. The molecule has 0 fully saturated rings. The minimum Gasteiger partial charge on any atom is -0.276 e. The first-order chi connectivity index (χ1) is 13.0. The van der Waals surface area contributed by atoms with E-state index in [1.165, 1.54) is 12.1 Å². The Hall–Kier alpha value is -2.24. The fourth-order valence-corrected chi connectivity index (χ4v) is 4.94. The van der Waals surface area contributed by atoms with Crippen molar-refractivity contribution in [2.24, 2.45) is 0 Å². The minimum absolute atomic E-state index is 0.0216. The van der Waals surface area contributed by atoms with Gasteiger partial charge in [0.2, 0.25) is 0 Å². The van der Waals surface area contributed by atoms with E-state index in [-0.39, 0.29) is 9.37 Å². The van der Waals surface area contributed by atoms with Crippen LogP contribution in [0.1, 0.15) is 5.56 Å². The Labute approximate surface area is 169 Å². The third kappa shape index (κ3) is 3.96. The van der Waals surface area contributed by atoms with Crippen molar-refractivity contribution in [1.29, 1.82) is 0 Å². The molecule has 0 aliphatic rings. The van der Waals surface area contributed by atoms with E-state index in [2.05, 4.69) is 15.9 Å². The first-order valence-corrected chi connectivity index (χ1v) is 11.4. The number of nitrogens with one attached hydrogen (secondary N) is 1. The third-order valence-corrected chi connectivity index (χ3v) is 7.41. The lowest BCUT2D eigenvalue weighted by molar-refractivity contribution is 0.587. The van der Waals surface area contributed by atoms with Gasteiger partial charge in [-0.25, -0.2) is 29.6 Å². The highest BCUT2D eigenvalue weighted by Gasteiger charge is 2.23. The maximum atomic E-state index is 13.9. The second-order valence-corrected chi connectivity index (χ2v) is 10.2. The van der Waals surface area contributed by atoms with Crippen molar-refractivity contribution in [3.05, 3.63) is 76.5 Å². The number of hydrogen-bond donors (Lipinski definition) is 1. The van der Waals surface area contributed by atoms with Crippen molar-refractivity contribution < 1.29 is 25.6 Å². The summed E-state index contributed by atoms with van der Waals surface area (Å²) in [6.07, 6.45) is 1.94. The van der Waals surface area contributed by atoms with Crippen LogP contribution in [0.25, 0.3) is 0 Å². The Bertz CT molecular complexity index is 1250. The standard InChI is InChI=1S/C17H13BrF2N2O4S2/c1-11-2-4-12(5-3-11)28(25,26)22-7-6-13(10-22)27(23,24)21-17-9-15(19)14(18)8-16(17)20/h2-10,21H,1H3. The molecule has 148 valence electrons. The van der Waals surface area contributed by atoms with E-state index in [1.807, 2.05) is 4.72 Å². The smallest absolute Gasteiger partial charge is 0.267 e. The van der Waals surface area contributed by atoms with Gasteiger partial charge in [-0.2, -0.15) is 0 Å². The molecule has 0 aliphatic carbocycles. The van der Waals surface area contributed by atoms with Gasteiger partial charge in [0.15, 0.2) is 0 Å². The molecule has 0 amide bonds. The van der Waals surface area contributed by atoms with Crippen molar-refractivity contribution in [3.63, 3.8) is 0 Å². The lowest BCUT2D eigenvalue weighted by Crippen LogP contribution is -2.15. The number of aryl methyl sites for hydroxylation is 1. The highest BCUT2D eigenvalue weighted by atomic mass is 79.9. The van der Waals surface area contributed by atoms with Crippen molar-refractivity contribution in [1.82, 2.24) is 3.97 Å². The number of benzene rings is 2. The first kappa shape index (κ1) is 20.5. The molecular weight excluding hydrogens is 478 g/mol. The van der Waals surface area contributed by atoms with Gasteiger partial charge in [0, 0.05) is 18.5 Å². The van der Waals surface area contributed by atoms with Crippen LogP contribution in [0.15, 0.2) is 69.1 Å². The largest absolute Gasteiger partial charge is 0.276 e. The zero-order valence-electron chi connectivity index (χ0n) is 14.2. The Morgan fingerprint density at radius 1 is 0.929 bits per heavy atom. The highest BCUT2D eigenvalue weighted by Crippen LogP contribution is 2.26. The molecule has 6 nitrogen and oxygen atoms in total. The number of aromatic nitrogens is 1. The lowest BCUT2D eigenvalue weighted by Gasteiger charge is -2.09. The van der Waals surface area contributed by atoms with Gasteiger partial charge < -0.3 is 0 Å². The number of sulfonamides is 1. The zero-order valence-corrected chi connectivity index (χ0v) is 17.4. The summed E-state index contributed by atoms with van der Waals surface area (Å²) >= 11 is 2.79. The fraction of sp³-hybridized carbons (Fsp3) is 0.0588. The highest BCUT2D eigenvalue weighted by molar-refractivity contribution is 9.10. The van der Waals surface area contributed by atoms with Crippen LogP contribution in [0.4, 0.5) is 14.5 Å². The van der Waals surface area contributed by atoms with E-state index in [1.54, 1.807) is 19.1 Å². The Morgan fingerprint density at radius 2 is 1.57 bits per heavy atom. The Morgan fingerprint density at radius 3 is 2.21 bits per heavy atom. The molecule has 11 heteroatoms. The summed E-state index contributed by atoms with van der Waals surface area (Å²) in [5.74, 6) is -1.86. The molecule has 1 aromatic heterocycles. The molecule has 3 aromatic rings. The molecule has 0 saturated carbocycles. The Kier molecular flexibility index (Phi) is 5.34. The van der Waals surface area contributed by atoms with E-state index in [0.717, 1.165) is 34.1 Å². The minimum atomic E-state index is -4.35. The van der Waals surface area contributed by atoms with Gasteiger partial charge in [-0.15, -0.1) is 0 Å². The van der Waals surface area contributed by atoms with E-state index in [9.17, 15) is 25.6 Å². The molecular formula is C17H13BrF2N2O4S2. The average molecular weight is 491 g/mol. The summed E-state index contributed by atoms with van der Waals surface area (Å²) in [5, 5.41) is 0. The van der Waals surface area contributed by atoms with Crippen LogP contribution in [0.5, 0.6) is 0 Å². The molecule has 0 unspecified atom stereocenters. The summed E-state index contributed by atoms with van der Waals surface area (Å²) in [7, 11) is -8.36. The molecule has 0 spiro atoms. The maximum Gasteiger partial charge on any atom is 0.267 e. The molecule has 0 bridgehead atoms. The van der Waals surface area contributed by atoms with E-state index >= 15 is 0 Å². The van der Waals surface area contributed by atoms with Crippen LogP contribution in [0, 0.1) is 18.6 Å². The van der Waals surface area contributed by atoms with Crippen LogP contribution in [0.2, 0.25) is 0 Å². The van der Waals surface area contributed by atoms with E-state index in [4.69, 9.17) is 0 Å². The van der Waals surface area contributed by atoms with Gasteiger partial charge in [0.05, 0.1) is 15.1 Å². The van der Waals surface area contributed by atoms with Crippen molar-refractivity contribution in [2.45, 2.75) is 16.7 Å². The number of hydrogen-bond acceptors (Lipinski definition) is 4. The van der Waals surface area contributed by atoms with Crippen molar-refractivity contribution >= 4 is 41.7 Å². The van der Waals surface area contributed by atoms with E-state index in [0.29, 0.717) is 6.07 Å². The van der Waals surface area contributed by atoms with Gasteiger partial charge >= 0.3 is 0 Å². The van der Waals surface area contributed by atoms with Crippen LogP contribution in [0.3, 0.4) is 0 Å². The van der Waals surface area contributed by atoms with Crippen LogP contribution >= 0.6 is 15.9 Å². The van der Waals surface area contributed by atoms with Gasteiger partial charge in [0.25, 0.3) is 20.0 Å². The first-order valence-electron chi connectivity index (χ1n) is 7.68. The summed E-state index contributed by atoms with van der Waals surface area (Å²) in [5.41, 5.74) is 0.262. The van der Waals surface area contributed by atoms with E-state index < -0.39 is 42.3 Å². The number of rotatable bonds is 5. The second kappa shape index (κ2) is 7.30. The SMILES string of the molecule is Cc1ccc(S(=O)(=O)n2ccc(S(=O)(=O)Nc3cc(F)c(Br)cc3F)c2)cc1. The molecule has 0 radical (unpaired) electrons. The second-order valence-electron chi connectivity index (χ2n) is 5.85. The van der Waals surface area contributed by atoms with Crippen LogP contribution < -0.4 is 4.72 Å². The van der Waals surface area contributed by atoms with Crippen LogP contribution in [-0.2, 0) is 20.0 Å². The number of nitrogens with zero attached hydrogens (tertiary/aromatic N) is 1. The summed E-state index contributed by atoms with van der Waals surface area (Å²) in [6, 6.07) is 8.52. The Balaban J connectivity index is 1.94. The fourth-order valence-electron chi connectivity index (χ4n) is 2.30. The predicted molar refractivity (Wildman–Crippen MR) is 103 cm³/mol. The topological polar surface area (TPSA) is 85.2 Å². The molecule has 0 saturated heterocycles. The third-order valence-electron chi connectivity index (χ3n) is 3.80. The normalized spacial score (nSPS) is 12.1. The van der Waals surface area contributed by atoms with Gasteiger partial charge in [0.1, 0.15) is 16.5 Å². The molecule has 1 heterocycles. The quantitative estimate of drug-likeness (QED) is 0.550. The number of anilines is 1. The number of halogens is 3. The van der Waals surface area contributed by atoms with Crippen LogP contribution in [-0.4, -0.2) is 20.8 Å². The molecule has 28 heavy (non-hydrogen) atoms. The monoisotopic (exact) mass is 490 g/mol. The molecule has 1 N–H and O–H groups in total. The lowest BCUT2D eigenvalue weighted by atomic mass is 10.2. The molecule has 2 aromatic carbocycles. The molecule has 0 aliphatic heterocycles. The zero-order chi connectivity index (χ0) is 20.7. The maximum absolute atomic E-state index is 13.9. The molecule has 0 atom stereocenters. The van der Waals surface area contributed by atoms with Gasteiger partial charge in [-0.05, 0) is 47.1 Å². The summed E-state index contributed by atoms with van der Waals surface area (Å²) in [6.45, 7) is 1.80. The van der Waals surface area contributed by atoms with Gasteiger partial charge in [-0.3, -0.25) is 4.72 Å². The van der Waals surface area contributed by atoms with Crippen molar-refractivity contribution in [2.75, 3.05) is 4.72 Å². The average Bonchev–Trinajstić information content (AvgIpc) is 3.12. The summed E-state index contributed by atoms with van der Waals surface area (Å²) in [4.78, 5) is -0.447. The molecule has 3 rings (SSSR count). The van der Waals surface area contributed by atoms with Gasteiger partial charge in [-0.1, -0.05) is 17.7 Å². The van der Waals surface area contributed by atoms with Crippen molar-refractivity contribution in [3.8, 4) is 0 Å².